The molecule has 0 aliphatic rings. The van der Waals surface area contributed by atoms with Crippen LogP contribution in [0.2, 0.25) is 0 Å². The molecule has 2 N–H and O–H groups in total. The maximum Gasteiger partial charge on any atom is 0.127 e. The fraction of sp³-hybridized carbons (Fsp3) is 0.333. The molecule has 2 aromatic carbocycles. The summed E-state index contributed by atoms with van der Waals surface area (Å²) in [6.45, 7) is 6.09. The Labute approximate surface area is 120 Å². The van der Waals surface area contributed by atoms with E-state index >= 15 is 0 Å². The lowest BCUT2D eigenvalue weighted by Crippen LogP contribution is -1.96. The van der Waals surface area contributed by atoms with Crippen molar-refractivity contribution in [3.05, 3.63) is 47.0 Å². The zero-order valence-electron chi connectivity index (χ0n) is 12.4. The van der Waals surface area contributed by atoms with Gasteiger partial charge in [-0.3, -0.25) is 0 Å². The Kier molecular flexibility index (Phi) is 4.33. The summed E-state index contributed by atoms with van der Waals surface area (Å²) < 4.78 is 0. The maximum absolute atomic E-state index is 10.6. The number of hydrogen-bond donors (Lipinski definition) is 2. The number of rotatable bonds is 4. The molecule has 0 saturated carbocycles. The fourth-order valence-corrected chi connectivity index (χ4v) is 2.82. The molecular formula is C18H22O2. The van der Waals surface area contributed by atoms with Crippen molar-refractivity contribution in [2.24, 2.45) is 0 Å². The van der Waals surface area contributed by atoms with Gasteiger partial charge in [-0.05, 0) is 36.5 Å². The second-order valence-corrected chi connectivity index (χ2v) is 4.97. The van der Waals surface area contributed by atoms with Gasteiger partial charge in [-0.2, -0.15) is 0 Å². The van der Waals surface area contributed by atoms with E-state index in [9.17, 15) is 10.2 Å². The topological polar surface area (TPSA) is 40.5 Å². The largest absolute Gasteiger partial charge is 0.508 e. The summed E-state index contributed by atoms with van der Waals surface area (Å²) in [6, 6.07) is 9.72. The van der Waals surface area contributed by atoms with Crippen LogP contribution in [0.15, 0.2) is 30.3 Å². The van der Waals surface area contributed by atoms with Crippen LogP contribution in [0.1, 0.15) is 37.5 Å². The first kappa shape index (κ1) is 14.4. The second kappa shape index (κ2) is 6.00. The van der Waals surface area contributed by atoms with Crippen LogP contribution < -0.4 is 0 Å². The van der Waals surface area contributed by atoms with Crippen molar-refractivity contribution in [1.29, 1.82) is 0 Å². The average molecular weight is 270 g/mol. The third-order valence-electron chi connectivity index (χ3n) is 3.89. The Balaban J connectivity index is 2.72. The molecule has 0 aliphatic carbocycles. The van der Waals surface area contributed by atoms with E-state index in [1.54, 1.807) is 6.07 Å². The Hall–Kier alpha value is -1.96. The second-order valence-electron chi connectivity index (χ2n) is 4.97. The quantitative estimate of drug-likeness (QED) is 0.806. The summed E-state index contributed by atoms with van der Waals surface area (Å²) in [4.78, 5) is 0. The normalized spacial score (nSPS) is 10.8. The lowest BCUT2D eigenvalue weighted by molar-refractivity contribution is 0.451. The minimum absolute atomic E-state index is 0.281. The summed E-state index contributed by atoms with van der Waals surface area (Å²) in [5.41, 5.74) is 4.61. The van der Waals surface area contributed by atoms with E-state index in [1.165, 1.54) is 5.56 Å². The van der Waals surface area contributed by atoms with Gasteiger partial charge in [0.25, 0.3) is 0 Å². The lowest BCUT2D eigenvalue weighted by atomic mass is 9.91. The lowest BCUT2D eigenvalue weighted by Gasteiger charge is -2.17. The van der Waals surface area contributed by atoms with Crippen LogP contribution >= 0.6 is 0 Å². The van der Waals surface area contributed by atoms with E-state index in [1.807, 2.05) is 32.0 Å². The van der Waals surface area contributed by atoms with Gasteiger partial charge < -0.3 is 10.2 Å². The fourth-order valence-electron chi connectivity index (χ4n) is 2.82. The summed E-state index contributed by atoms with van der Waals surface area (Å²) in [7, 11) is 0. The van der Waals surface area contributed by atoms with Crippen molar-refractivity contribution >= 4 is 0 Å². The first-order chi connectivity index (χ1) is 9.63. The molecule has 0 fully saturated rings. The highest BCUT2D eigenvalue weighted by atomic mass is 16.3. The average Bonchev–Trinajstić information content (AvgIpc) is 2.48. The van der Waals surface area contributed by atoms with Crippen LogP contribution in [0.4, 0.5) is 0 Å². The van der Waals surface area contributed by atoms with E-state index in [4.69, 9.17) is 0 Å². The van der Waals surface area contributed by atoms with Crippen molar-refractivity contribution in [1.82, 2.24) is 0 Å². The molecule has 0 amide bonds. The van der Waals surface area contributed by atoms with Crippen LogP contribution in [0.25, 0.3) is 11.1 Å². The summed E-state index contributed by atoms with van der Waals surface area (Å²) in [6.07, 6.45) is 2.33. The van der Waals surface area contributed by atoms with Crippen LogP contribution in [0.5, 0.6) is 11.5 Å². The highest BCUT2D eigenvalue weighted by Crippen LogP contribution is 2.40. The van der Waals surface area contributed by atoms with Gasteiger partial charge in [-0.25, -0.2) is 0 Å². The summed E-state index contributed by atoms with van der Waals surface area (Å²) in [5, 5.41) is 20.8. The zero-order chi connectivity index (χ0) is 14.7. The van der Waals surface area contributed by atoms with E-state index in [-0.39, 0.29) is 5.75 Å². The number of aromatic hydroxyl groups is 2. The Morgan fingerprint density at radius 3 is 2.05 bits per heavy atom. The monoisotopic (exact) mass is 270 g/mol. The molecule has 0 heterocycles. The van der Waals surface area contributed by atoms with Gasteiger partial charge in [0.2, 0.25) is 0 Å². The van der Waals surface area contributed by atoms with Gasteiger partial charge >= 0.3 is 0 Å². The molecule has 2 aromatic rings. The molecule has 0 aliphatic heterocycles. The highest BCUT2D eigenvalue weighted by molar-refractivity contribution is 5.77. The van der Waals surface area contributed by atoms with E-state index in [0.29, 0.717) is 12.2 Å². The minimum Gasteiger partial charge on any atom is -0.508 e. The molecule has 0 atom stereocenters. The van der Waals surface area contributed by atoms with E-state index < -0.39 is 0 Å². The highest BCUT2D eigenvalue weighted by Gasteiger charge is 2.17. The molecule has 2 rings (SSSR count). The molecule has 0 radical (unpaired) electrons. The van der Waals surface area contributed by atoms with Gasteiger partial charge in [-0.1, -0.05) is 45.0 Å². The van der Waals surface area contributed by atoms with Gasteiger partial charge in [0.1, 0.15) is 11.5 Å². The molecule has 0 unspecified atom stereocenters. The van der Waals surface area contributed by atoms with Crippen LogP contribution in [-0.4, -0.2) is 10.2 Å². The summed E-state index contributed by atoms with van der Waals surface area (Å²) in [5.74, 6) is 0.589. The predicted octanol–water partition coefficient (Wildman–Crippen LogP) is 4.45. The van der Waals surface area contributed by atoms with Crippen molar-refractivity contribution in [2.75, 3.05) is 0 Å². The molecule has 0 spiro atoms. The SMILES string of the molecule is CCc1ccccc1-c1cc(O)c(CC)c(CC)c1O. The van der Waals surface area contributed by atoms with Crippen molar-refractivity contribution < 1.29 is 10.2 Å². The van der Waals surface area contributed by atoms with E-state index in [2.05, 4.69) is 13.0 Å². The molecule has 0 bridgehead atoms. The van der Waals surface area contributed by atoms with Crippen LogP contribution in [-0.2, 0) is 19.3 Å². The molecule has 106 valence electrons. The molecule has 2 nitrogen and oxygen atoms in total. The number of aryl methyl sites for hydroxylation is 1. The molecule has 20 heavy (non-hydrogen) atoms. The Morgan fingerprint density at radius 1 is 0.800 bits per heavy atom. The Morgan fingerprint density at radius 2 is 1.45 bits per heavy atom. The van der Waals surface area contributed by atoms with Gasteiger partial charge in [0.15, 0.2) is 0 Å². The van der Waals surface area contributed by atoms with Crippen molar-refractivity contribution in [3.63, 3.8) is 0 Å². The number of phenols is 2. The molecule has 0 aromatic heterocycles. The van der Waals surface area contributed by atoms with Gasteiger partial charge in [-0.15, -0.1) is 0 Å². The van der Waals surface area contributed by atoms with E-state index in [0.717, 1.165) is 35.1 Å². The van der Waals surface area contributed by atoms with Crippen molar-refractivity contribution in [2.45, 2.75) is 40.0 Å². The molecule has 0 saturated heterocycles. The van der Waals surface area contributed by atoms with Crippen molar-refractivity contribution in [3.8, 4) is 22.6 Å². The van der Waals surface area contributed by atoms with Gasteiger partial charge in [0.05, 0.1) is 0 Å². The zero-order valence-corrected chi connectivity index (χ0v) is 12.4. The van der Waals surface area contributed by atoms with Gasteiger partial charge in [0, 0.05) is 16.7 Å². The number of hydrogen-bond acceptors (Lipinski definition) is 2. The smallest absolute Gasteiger partial charge is 0.127 e. The first-order valence-electron chi connectivity index (χ1n) is 7.28. The number of benzene rings is 2. The molecule has 2 heteroatoms. The first-order valence-corrected chi connectivity index (χ1v) is 7.28. The Bertz CT molecular complexity index is 615. The minimum atomic E-state index is 0.281. The predicted molar refractivity (Wildman–Crippen MR) is 83.3 cm³/mol. The third kappa shape index (κ3) is 2.38. The summed E-state index contributed by atoms with van der Waals surface area (Å²) >= 11 is 0. The third-order valence-corrected chi connectivity index (χ3v) is 3.89. The number of phenolic OH excluding ortho intramolecular Hbond substituents is 2. The standard InChI is InChI=1S/C18H22O2/c1-4-12-9-7-8-10-15(12)16-11-17(19)13(5-2)14(6-3)18(16)20/h7-11,19-20H,4-6H2,1-3H3. The molecular weight excluding hydrogens is 248 g/mol. The maximum atomic E-state index is 10.6. The van der Waals surface area contributed by atoms with Crippen LogP contribution in [0.3, 0.4) is 0 Å². The van der Waals surface area contributed by atoms with Crippen LogP contribution in [0, 0.1) is 0 Å².